The zero-order valence-corrected chi connectivity index (χ0v) is 14.8. The summed E-state index contributed by atoms with van der Waals surface area (Å²) >= 11 is 0. The van der Waals surface area contributed by atoms with Crippen LogP contribution in [0.4, 0.5) is 0 Å². The van der Waals surface area contributed by atoms with Crippen LogP contribution in [0.2, 0.25) is 0 Å². The molecule has 2 rings (SSSR count). The molecule has 1 atom stereocenters. The van der Waals surface area contributed by atoms with Gasteiger partial charge in [0.05, 0.1) is 0 Å². The van der Waals surface area contributed by atoms with E-state index in [0.29, 0.717) is 24.8 Å². The highest BCUT2D eigenvalue weighted by molar-refractivity contribution is 5.85. The Hall–Kier alpha value is -1.06. The maximum absolute atomic E-state index is 12.4. The van der Waals surface area contributed by atoms with Crippen molar-refractivity contribution in [1.82, 2.24) is 10.2 Å². The molecule has 1 aromatic carbocycles. The van der Waals surface area contributed by atoms with Crippen LogP contribution in [0.3, 0.4) is 0 Å². The molecule has 1 aromatic rings. The Morgan fingerprint density at radius 1 is 1.27 bits per heavy atom. The lowest BCUT2D eigenvalue weighted by Gasteiger charge is -2.29. The van der Waals surface area contributed by atoms with Crippen molar-refractivity contribution >= 4 is 18.3 Å². The summed E-state index contributed by atoms with van der Waals surface area (Å²) in [6.07, 6.45) is 3.08. The number of piperidine rings is 1. The van der Waals surface area contributed by atoms with Crippen LogP contribution < -0.4 is 5.32 Å². The minimum atomic E-state index is 0. The van der Waals surface area contributed by atoms with Crippen molar-refractivity contribution in [1.29, 1.82) is 0 Å². The van der Waals surface area contributed by atoms with E-state index < -0.39 is 0 Å². The summed E-state index contributed by atoms with van der Waals surface area (Å²) < 4.78 is 0. The zero-order valence-electron chi connectivity index (χ0n) is 14.0. The van der Waals surface area contributed by atoms with E-state index in [1.54, 1.807) is 0 Å². The molecule has 22 heavy (non-hydrogen) atoms. The minimum absolute atomic E-state index is 0. The summed E-state index contributed by atoms with van der Waals surface area (Å²) in [7, 11) is 1.91. The fourth-order valence-electron chi connectivity index (χ4n) is 3.07. The van der Waals surface area contributed by atoms with Gasteiger partial charge in [-0.2, -0.15) is 0 Å². The number of nitrogens with zero attached hydrogens (tertiary/aromatic N) is 1. The molecule has 0 radical (unpaired) electrons. The van der Waals surface area contributed by atoms with E-state index in [1.807, 2.05) is 11.9 Å². The van der Waals surface area contributed by atoms with Crippen molar-refractivity contribution < 1.29 is 4.79 Å². The predicted octanol–water partition coefficient (Wildman–Crippen LogP) is 3.40. The summed E-state index contributed by atoms with van der Waals surface area (Å²) in [5.41, 5.74) is 2.46. The molecule has 1 saturated heterocycles. The summed E-state index contributed by atoms with van der Waals surface area (Å²) in [4.78, 5) is 14.2. The molecular formula is C18H29ClN2O. The van der Waals surface area contributed by atoms with E-state index in [9.17, 15) is 4.79 Å². The second-order valence-corrected chi connectivity index (χ2v) is 6.50. The third-order valence-corrected chi connectivity index (χ3v) is 4.65. The Morgan fingerprint density at radius 2 is 1.86 bits per heavy atom. The minimum Gasteiger partial charge on any atom is -0.341 e. The highest BCUT2D eigenvalue weighted by Crippen LogP contribution is 2.25. The van der Waals surface area contributed by atoms with Gasteiger partial charge >= 0.3 is 0 Å². The van der Waals surface area contributed by atoms with Gasteiger partial charge in [-0.25, -0.2) is 0 Å². The lowest BCUT2D eigenvalue weighted by Crippen LogP contribution is -2.34. The fourth-order valence-corrected chi connectivity index (χ4v) is 3.07. The number of aryl methyl sites for hydroxylation is 1. The van der Waals surface area contributed by atoms with Crippen molar-refractivity contribution in [2.75, 3.05) is 20.1 Å². The Labute approximate surface area is 140 Å². The van der Waals surface area contributed by atoms with E-state index in [4.69, 9.17) is 0 Å². The van der Waals surface area contributed by atoms with Crippen molar-refractivity contribution in [3.8, 4) is 0 Å². The second-order valence-electron chi connectivity index (χ2n) is 6.50. The molecule has 1 fully saturated rings. The molecular weight excluding hydrogens is 296 g/mol. The van der Waals surface area contributed by atoms with Crippen LogP contribution in [-0.2, 0) is 11.3 Å². The lowest BCUT2D eigenvalue weighted by atomic mass is 9.84. The van der Waals surface area contributed by atoms with Crippen LogP contribution in [0.25, 0.3) is 0 Å². The summed E-state index contributed by atoms with van der Waals surface area (Å²) in [5, 5.41) is 3.39. The van der Waals surface area contributed by atoms with Crippen LogP contribution in [0, 0.1) is 18.8 Å². The molecule has 0 aromatic heterocycles. The molecule has 0 spiro atoms. The maximum Gasteiger partial charge on any atom is 0.222 e. The number of amides is 1. The molecule has 1 heterocycles. The number of halogens is 1. The molecule has 1 N–H and O–H groups in total. The Morgan fingerprint density at radius 3 is 2.45 bits per heavy atom. The molecule has 1 aliphatic heterocycles. The largest absolute Gasteiger partial charge is 0.341 e. The van der Waals surface area contributed by atoms with Crippen molar-refractivity contribution in [2.24, 2.45) is 11.8 Å². The SMILES string of the molecule is Cc1ccc(CN(C)C(=O)CC(C)C2CCNCC2)cc1.Cl. The van der Waals surface area contributed by atoms with Gasteiger partial charge in [-0.1, -0.05) is 36.8 Å². The van der Waals surface area contributed by atoms with Crippen LogP contribution in [0.1, 0.15) is 37.3 Å². The highest BCUT2D eigenvalue weighted by Gasteiger charge is 2.23. The Kier molecular flexibility index (Phi) is 7.91. The van der Waals surface area contributed by atoms with E-state index >= 15 is 0 Å². The number of carbonyl (C=O) groups is 1. The number of rotatable bonds is 5. The van der Waals surface area contributed by atoms with Crippen LogP contribution in [0.5, 0.6) is 0 Å². The van der Waals surface area contributed by atoms with Gasteiger partial charge in [0.2, 0.25) is 5.91 Å². The molecule has 124 valence electrons. The molecule has 4 heteroatoms. The zero-order chi connectivity index (χ0) is 15.2. The number of nitrogens with one attached hydrogen (secondary N) is 1. The smallest absolute Gasteiger partial charge is 0.222 e. The van der Waals surface area contributed by atoms with Gasteiger partial charge < -0.3 is 10.2 Å². The van der Waals surface area contributed by atoms with Gasteiger partial charge in [0.1, 0.15) is 0 Å². The van der Waals surface area contributed by atoms with E-state index in [1.165, 1.54) is 24.0 Å². The van der Waals surface area contributed by atoms with Crippen molar-refractivity contribution in [3.05, 3.63) is 35.4 Å². The number of carbonyl (C=O) groups excluding carboxylic acids is 1. The maximum atomic E-state index is 12.4. The monoisotopic (exact) mass is 324 g/mol. The van der Waals surface area contributed by atoms with E-state index in [2.05, 4.69) is 43.4 Å². The Balaban J connectivity index is 0.00000242. The third-order valence-electron chi connectivity index (χ3n) is 4.65. The summed E-state index contributed by atoms with van der Waals surface area (Å²) in [6, 6.07) is 8.42. The first-order chi connectivity index (χ1) is 10.1. The first kappa shape index (κ1) is 19.0. The van der Waals surface area contributed by atoms with Crippen molar-refractivity contribution in [2.45, 2.75) is 39.7 Å². The number of hydrogen-bond donors (Lipinski definition) is 1. The van der Waals surface area contributed by atoms with E-state index in [-0.39, 0.29) is 18.3 Å². The van der Waals surface area contributed by atoms with Gasteiger partial charge in [0, 0.05) is 20.0 Å². The van der Waals surface area contributed by atoms with Gasteiger partial charge in [0.15, 0.2) is 0 Å². The molecule has 3 nitrogen and oxygen atoms in total. The van der Waals surface area contributed by atoms with Crippen LogP contribution in [0.15, 0.2) is 24.3 Å². The normalized spacial score (nSPS) is 16.7. The lowest BCUT2D eigenvalue weighted by molar-refractivity contribution is -0.131. The standard InChI is InChI=1S/C18H28N2O.ClH/c1-14-4-6-16(7-5-14)13-20(3)18(21)12-15(2)17-8-10-19-11-9-17;/h4-7,15,17,19H,8-13H2,1-3H3;1H. The summed E-state index contributed by atoms with van der Waals surface area (Å²) in [5.74, 6) is 1.45. The number of benzene rings is 1. The molecule has 0 bridgehead atoms. The first-order valence-corrected chi connectivity index (χ1v) is 8.06. The average molecular weight is 325 g/mol. The summed E-state index contributed by atoms with van der Waals surface area (Å²) in [6.45, 7) is 7.22. The van der Waals surface area contributed by atoms with Gasteiger partial charge in [-0.05, 0) is 50.3 Å². The predicted molar refractivity (Wildman–Crippen MR) is 94.3 cm³/mol. The molecule has 1 amide bonds. The molecule has 0 aliphatic carbocycles. The molecule has 1 aliphatic rings. The molecule has 1 unspecified atom stereocenters. The number of hydrogen-bond acceptors (Lipinski definition) is 2. The van der Waals surface area contributed by atoms with Crippen LogP contribution >= 0.6 is 12.4 Å². The first-order valence-electron chi connectivity index (χ1n) is 8.06. The van der Waals surface area contributed by atoms with Crippen molar-refractivity contribution in [3.63, 3.8) is 0 Å². The Bertz CT molecular complexity index is 455. The highest BCUT2D eigenvalue weighted by atomic mass is 35.5. The third kappa shape index (κ3) is 5.62. The average Bonchev–Trinajstić information content (AvgIpc) is 2.50. The van der Waals surface area contributed by atoms with Crippen LogP contribution in [-0.4, -0.2) is 30.9 Å². The van der Waals surface area contributed by atoms with Gasteiger partial charge in [-0.3, -0.25) is 4.79 Å². The quantitative estimate of drug-likeness (QED) is 0.900. The van der Waals surface area contributed by atoms with E-state index in [0.717, 1.165) is 13.1 Å². The second kappa shape index (κ2) is 9.16. The molecule has 0 saturated carbocycles. The topological polar surface area (TPSA) is 32.3 Å². The van der Waals surface area contributed by atoms with Gasteiger partial charge in [-0.15, -0.1) is 12.4 Å². The fraction of sp³-hybridized carbons (Fsp3) is 0.611. The van der Waals surface area contributed by atoms with Gasteiger partial charge in [0.25, 0.3) is 0 Å².